The normalized spacial score (nSPS) is 19.4. The van der Waals surface area contributed by atoms with Crippen LogP contribution in [0.2, 0.25) is 0 Å². The number of likely N-dealkylation sites (tertiary alicyclic amines) is 1. The van der Waals surface area contributed by atoms with Crippen molar-refractivity contribution in [2.75, 3.05) is 13.1 Å². The Morgan fingerprint density at radius 2 is 2.09 bits per heavy atom. The Morgan fingerprint density at radius 1 is 1.35 bits per heavy atom. The molecule has 1 fully saturated rings. The predicted octanol–water partition coefficient (Wildman–Crippen LogP) is 3.59. The predicted molar refractivity (Wildman–Crippen MR) is 90.4 cm³/mol. The van der Waals surface area contributed by atoms with Crippen LogP contribution in [0.5, 0.6) is 0 Å². The first-order chi connectivity index (χ1) is 11.0. The lowest BCUT2D eigenvalue weighted by molar-refractivity contribution is -0.137. The number of hydrogen-bond donors (Lipinski definition) is 1. The van der Waals surface area contributed by atoms with E-state index in [0.717, 1.165) is 19.4 Å². The van der Waals surface area contributed by atoms with Crippen LogP contribution in [0, 0.1) is 12.8 Å². The zero-order chi connectivity index (χ0) is 16.8. The first-order valence-electron chi connectivity index (χ1n) is 8.52. The summed E-state index contributed by atoms with van der Waals surface area (Å²) in [6, 6.07) is 8.22. The maximum atomic E-state index is 12.6. The minimum atomic E-state index is -0.748. The van der Waals surface area contributed by atoms with E-state index in [1.165, 1.54) is 11.1 Å². The summed E-state index contributed by atoms with van der Waals surface area (Å²) in [5, 5.41) is 8.81. The van der Waals surface area contributed by atoms with Crippen LogP contribution in [-0.4, -0.2) is 35.0 Å². The average Bonchev–Trinajstić information content (AvgIpc) is 2.53. The summed E-state index contributed by atoms with van der Waals surface area (Å²) >= 11 is 0. The number of nitrogens with zero attached hydrogens (tertiary/aromatic N) is 1. The van der Waals surface area contributed by atoms with Gasteiger partial charge in [0.25, 0.3) is 0 Å². The van der Waals surface area contributed by atoms with Crippen molar-refractivity contribution >= 4 is 11.9 Å². The smallest absolute Gasteiger partial charge is 0.303 e. The van der Waals surface area contributed by atoms with Crippen LogP contribution in [0.15, 0.2) is 24.3 Å². The summed E-state index contributed by atoms with van der Waals surface area (Å²) in [5.74, 6) is -0.0110. The highest BCUT2D eigenvalue weighted by atomic mass is 16.4. The Hall–Kier alpha value is -1.84. The molecule has 2 unspecified atom stereocenters. The zero-order valence-corrected chi connectivity index (χ0v) is 14.1. The van der Waals surface area contributed by atoms with Crippen LogP contribution < -0.4 is 0 Å². The van der Waals surface area contributed by atoms with Crippen molar-refractivity contribution in [3.05, 3.63) is 35.4 Å². The van der Waals surface area contributed by atoms with Crippen molar-refractivity contribution in [2.45, 2.75) is 51.9 Å². The number of benzene rings is 1. The summed E-state index contributed by atoms with van der Waals surface area (Å²) in [4.78, 5) is 25.2. The van der Waals surface area contributed by atoms with E-state index in [0.29, 0.717) is 25.3 Å². The fourth-order valence-electron chi connectivity index (χ4n) is 3.50. The van der Waals surface area contributed by atoms with Gasteiger partial charge in [0.05, 0.1) is 0 Å². The molecule has 0 saturated carbocycles. The Labute approximate surface area is 138 Å². The summed E-state index contributed by atoms with van der Waals surface area (Å²) in [7, 11) is 0. The zero-order valence-electron chi connectivity index (χ0n) is 14.1. The lowest BCUT2D eigenvalue weighted by Gasteiger charge is -2.33. The van der Waals surface area contributed by atoms with Crippen molar-refractivity contribution in [1.82, 2.24) is 4.90 Å². The molecule has 23 heavy (non-hydrogen) atoms. The third kappa shape index (κ3) is 5.08. The van der Waals surface area contributed by atoms with E-state index in [-0.39, 0.29) is 18.2 Å². The van der Waals surface area contributed by atoms with E-state index in [1.807, 2.05) is 17.0 Å². The van der Waals surface area contributed by atoms with Gasteiger partial charge in [0.2, 0.25) is 5.91 Å². The highest BCUT2D eigenvalue weighted by molar-refractivity contribution is 5.77. The molecule has 4 nitrogen and oxygen atoms in total. The molecule has 0 radical (unpaired) electrons. The van der Waals surface area contributed by atoms with Gasteiger partial charge in [0.15, 0.2) is 0 Å². The molecule has 1 aliphatic rings. The van der Waals surface area contributed by atoms with Gasteiger partial charge in [-0.05, 0) is 49.1 Å². The van der Waals surface area contributed by atoms with E-state index in [2.05, 4.69) is 26.0 Å². The molecule has 1 heterocycles. The summed E-state index contributed by atoms with van der Waals surface area (Å²) in [6.45, 7) is 5.71. The Bertz CT molecular complexity index is 555. The van der Waals surface area contributed by atoms with Gasteiger partial charge in [-0.1, -0.05) is 31.2 Å². The van der Waals surface area contributed by atoms with Gasteiger partial charge in [0.1, 0.15) is 0 Å². The average molecular weight is 317 g/mol. The summed E-state index contributed by atoms with van der Waals surface area (Å²) in [6.07, 6.45) is 3.41. The SMILES string of the molecule is Cc1ccccc1C(C)CC(=O)N1CCCC(CCC(=O)O)C1. The molecule has 0 aromatic heterocycles. The molecule has 2 atom stereocenters. The lowest BCUT2D eigenvalue weighted by atomic mass is 9.91. The minimum absolute atomic E-state index is 0.195. The second kappa shape index (κ2) is 8.14. The third-order valence-corrected chi connectivity index (χ3v) is 4.84. The van der Waals surface area contributed by atoms with E-state index < -0.39 is 5.97 Å². The number of carboxylic acids is 1. The molecule has 1 aromatic rings. The Morgan fingerprint density at radius 3 is 2.78 bits per heavy atom. The molecule has 0 aliphatic carbocycles. The molecule has 1 aromatic carbocycles. The fraction of sp³-hybridized carbons (Fsp3) is 0.579. The van der Waals surface area contributed by atoms with Crippen LogP contribution in [0.1, 0.15) is 56.1 Å². The number of hydrogen-bond acceptors (Lipinski definition) is 2. The number of amides is 1. The number of aryl methyl sites for hydroxylation is 1. The first kappa shape index (κ1) is 17.5. The molecule has 2 rings (SSSR count). The number of carbonyl (C=O) groups is 2. The lowest BCUT2D eigenvalue weighted by Crippen LogP contribution is -2.40. The highest BCUT2D eigenvalue weighted by Crippen LogP contribution is 2.26. The van der Waals surface area contributed by atoms with Gasteiger partial charge < -0.3 is 10.0 Å². The van der Waals surface area contributed by atoms with E-state index in [9.17, 15) is 9.59 Å². The first-order valence-corrected chi connectivity index (χ1v) is 8.52. The van der Waals surface area contributed by atoms with Gasteiger partial charge in [-0.15, -0.1) is 0 Å². The van der Waals surface area contributed by atoms with Crippen LogP contribution in [0.25, 0.3) is 0 Å². The monoisotopic (exact) mass is 317 g/mol. The van der Waals surface area contributed by atoms with Crippen LogP contribution in [0.3, 0.4) is 0 Å². The second-order valence-electron chi connectivity index (χ2n) is 6.74. The molecule has 1 saturated heterocycles. The molecule has 1 N–H and O–H groups in total. The quantitative estimate of drug-likeness (QED) is 0.872. The maximum Gasteiger partial charge on any atom is 0.303 e. The number of rotatable bonds is 6. The molecule has 0 spiro atoms. The van der Waals surface area contributed by atoms with Gasteiger partial charge in [0, 0.05) is 25.9 Å². The Kier molecular flexibility index (Phi) is 6.20. The van der Waals surface area contributed by atoms with Crippen LogP contribution >= 0.6 is 0 Å². The topological polar surface area (TPSA) is 57.6 Å². The third-order valence-electron chi connectivity index (χ3n) is 4.84. The highest BCUT2D eigenvalue weighted by Gasteiger charge is 2.25. The van der Waals surface area contributed by atoms with Gasteiger partial charge in [-0.3, -0.25) is 9.59 Å². The molecule has 0 bridgehead atoms. The summed E-state index contributed by atoms with van der Waals surface area (Å²) in [5.41, 5.74) is 2.46. The Balaban J connectivity index is 1.89. The largest absolute Gasteiger partial charge is 0.481 e. The molecule has 126 valence electrons. The van der Waals surface area contributed by atoms with E-state index in [4.69, 9.17) is 5.11 Å². The molecule has 4 heteroatoms. The maximum absolute atomic E-state index is 12.6. The van der Waals surface area contributed by atoms with E-state index in [1.54, 1.807) is 0 Å². The number of carboxylic acid groups (broad SMARTS) is 1. The van der Waals surface area contributed by atoms with Crippen molar-refractivity contribution in [2.24, 2.45) is 5.92 Å². The molecule has 1 aliphatic heterocycles. The molecular weight excluding hydrogens is 290 g/mol. The standard InChI is InChI=1S/C19H27NO3/c1-14-6-3-4-8-17(14)15(2)12-18(21)20-11-5-7-16(13-20)9-10-19(22)23/h3-4,6,8,15-16H,5,7,9-13H2,1-2H3,(H,22,23). The van der Waals surface area contributed by atoms with Gasteiger partial charge in [-0.2, -0.15) is 0 Å². The number of carbonyl (C=O) groups excluding carboxylic acids is 1. The van der Waals surface area contributed by atoms with Crippen LogP contribution in [-0.2, 0) is 9.59 Å². The number of aliphatic carboxylic acids is 1. The molecular formula is C19H27NO3. The van der Waals surface area contributed by atoms with E-state index >= 15 is 0 Å². The van der Waals surface area contributed by atoms with Gasteiger partial charge in [-0.25, -0.2) is 0 Å². The fourth-order valence-corrected chi connectivity index (χ4v) is 3.50. The number of piperidine rings is 1. The minimum Gasteiger partial charge on any atom is -0.481 e. The van der Waals surface area contributed by atoms with Crippen molar-refractivity contribution in [3.8, 4) is 0 Å². The molecule has 1 amide bonds. The van der Waals surface area contributed by atoms with Crippen molar-refractivity contribution in [1.29, 1.82) is 0 Å². The second-order valence-corrected chi connectivity index (χ2v) is 6.74. The van der Waals surface area contributed by atoms with Crippen molar-refractivity contribution < 1.29 is 14.7 Å². The van der Waals surface area contributed by atoms with Crippen LogP contribution in [0.4, 0.5) is 0 Å². The summed E-state index contributed by atoms with van der Waals surface area (Å²) < 4.78 is 0. The van der Waals surface area contributed by atoms with Gasteiger partial charge >= 0.3 is 5.97 Å². The van der Waals surface area contributed by atoms with Crippen molar-refractivity contribution in [3.63, 3.8) is 0 Å².